The first-order chi connectivity index (χ1) is 8.58. The van der Waals surface area contributed by atoms with Crippen LogP contribution in [-0.2, 0) is 11.3 Å². The predicted octanol–water partition coefficient (Wildman–Crippen LogP) is 1.91. The van der Waals surface area contributed by atoms with E-state index in [9.17, 15) is 4.79 Å². The van der Waals surface area contributed by atoms with Gasteiger partial charge < -0.3 is 9.64 Å². The largest absolute Gasteiger partial charge is 0.465 e. The molecule has 0 fully saturated rings. The molecule has 0 radical (unpaired) electrons. The van der Waals surface area contributed by atoms with Crippen LogP contribution in [0.4, 0.5) is 5.69 Å². The summed E-state index contributed by atoms with van der Waals surface area (Å²) in [5.74, 6) is -0.355. The number of aryl methyl sites for hydroxylation is 1. The third-order valence-electron chi connectivity index (χ3n) is 2.91. The van der Waals surface area contributed by atoms with Gasteiger partial charge in [-0.05, 0) is 19.1 Å². The Balaban J connectivity index is 2.73. The maximum absolute atomic E-state index is 11.7. The summed E-state index contributed by atoms with van der Waals surface area (Å²) >= 11 is 0. The van der Waals surface area contributed by atoms with Gasteiger partial charge in [-0.3, -0.25) is 4.68 Å². The second-order valence-electron chi connectivity index (χ2n) is 4.27. The van der Waals surface area contributed by atoms with Gasteiger partial charge in [0.2, 0.25) is 0 Å². The van der Waals surface area contributed by atoms with Crippen LogP contribution >= 0.6 is 0 Å². The van der Waals surface area contributed by atoms with Crippen molar-refractivity contribution in [1.82, 2.24) is 9.78 Å². The van der Waals surface area contributed by atoms with Gasteiger partial charge in [-0.2, -0.15) is 5.10 Å². The Morgan fingerprint density at radius 1 is 1.44 bits per heavy atom. The van der Waals surface area contributed by atoms with Gasteiger partial charge in [0.05, 0.1) is 12.7 Å². The molecular formula is C13H17N3O2. The zero-order valence-corrected chi connectivity index (χ0v) is 11.1. The lowest BCUT2D eigenvalue weighted by Crippen LogP contribution is -2.10. The molecule has 5 nitrogen and oxygen atoms in total. The first-order valence-corrected chi connectivity index (χ1v) is 5.84. The lowest BCUT2D eigenvalue weighted by Gasteiger charge is -2.14. The van der Waals surface area contributed by atoms with Crippen LogP contribution in [0.2, 0.25) is 0 Å². The van der Waals surface area contributed by atoms with Gasteiger partial charge in [-0.1, -0.05) is 0 Å². The highest BCUT2D eigenvalue weighted by atomic mass is 16.5. The Labute approximate surface area is 106 Å². The molecule has 0 aliphatic heterocycles. The number of esters is 1. The predicted molar refractivity (Wildman–Crippen MR) is 71.1 cm³/mol. The number of benzene rings is 1. The van der Waals surface area contributed by atoms with E-state index < -0.39 is 0 Å². The Morgan fingerprint density at radius 2 is 2.17 bits per heavy atom. The average molecular weight is 247 g/mol. The fourth-order valence-corrected chi connectivity index (χ4v) is 1.97. The smallest absolute Gasteiger partial charge is 0.340 e. The molecule has 0 amide bonds. The molecule has 0 bridgehead atoms. The highest BCUT2D eigenvalue weighted by molar-refractivity contribution is 6.06. The summed E-state index contributed by atoms with van der Waals surface area (Å²) in [5.41, 5.74) is 2.23. The highest BCUT2D eigenvalue weighted by Crippen LogP contribution is 2.28. The van der Waals surface area contributed by atoms with Crippen LogP contribution in [0, 0.1) is 0 Å². The molecule has 18 heavy (non-hydrogen) atoms. The zero-order chi connectivity index (χ0) is 13.3. The fraction of sp³-hybridized carbons (Fsp3) is 0.385. The summed E-state index contributed by atoms with van der Waals surface area (Å²) in [5, 5.41) is 5.40. The number of methoxy groups -OCH3 is 1. The second kappa shape index (κ2) is 4.68. The van der Waals surface area contributed by atoms with Crippen LogP contribution in [0.1, 0.15) is 17.3 Å². The van der Waals surface area contributed by atoms with Gasteiger partial charge in [0.1, 0.15) is 5.52 Å². The summed E-state index contributed by atoms with van der Waals surface area (Å²) in [7, 11) is 5.32. The Hall–Kier alpha value is -2.04. The number of anilines is 1. The van der Waals surface area contributed by atoms with Crippen molar-refractivity contribution in [2.24, 2.45) is 0 Å². The number of nitrogens with zero attached hydrogens (tertiary/aromatic N) is 3. The molecule has 0 aliphatic carbocycles. The van der Waals surface area contributed by atoms with Crippen LogP contribution in [0.15, 0.2) is 18.3 Å². The summed E-state index contributed by atoms with van der Waals surface area (Å²) in [6.45, 7) is 2.78. The van der Waals surface area contributed by atoms with Crippen LogP contribution < -0.4 is 4.90 Å². The van der Waals surface area contributed by atoms with Crippen molar-refractivity contribution in [1.29, 1.82) is 0 Å². The zero-order valence-electron chi connectivity index (χ0n) is 11.1. The SMILES string of the molecule is CCn1cc2c(N(C)C)ccc(C(=O)OC)c2n1. The second-order valence-corrected chi connectivity index (χ2v) is 4.27. The molecule has 0 saturated heterocycles. The molecule has 2 aromatic rings. The molecule has 5 heteroatoms. The van der Waals surface area contributed by atoms with E-state index in [4.69, 9.17) is 4.74 Å². The third kappa shape index (κ3) is 1.92. The maximum atomic E-state index is 11.7. The van der Waals surface area contributed by atoms with Gasteiger partial charge in [0.15, 0.2) is 0 Å². The van der Waals surface area contributed by atoms with Crippen molar-refractivity contribution in [3.05, 3.63) is 23.9 Å². The van der Waals surface area contributed by atoms with Crippen LogP contribution in [-0.4, -0.2) is 37.0 Å². The molecule has 0 atom stereocenters. The third-order valence-corrected chi connectivity index (χ3v) is 2.91. The van der Waals surface area contributed by atoms with Crippen molar-refractivity contribution in [2.75, 3.05) is 26.1 Å². The number of ether oxygens (including phenoxy) is 1. The molecule has 1 aromatic carbocycles. The van der Waals surface area contributed by atoms with Gasteiger partial charge in [-0.15, -0.1) is 0 Å². The van der Waals surface area contributed by atoms with Crippen LogP contribution in [0.25, 0.3) is 10.9 Å². The quantitative estimate of drug-likeness (QED) is 0.777. The van der Waals surface area contributed by atoms with Gasteiger partial charge >= 0.3 is 5.97 Å². The highest BCUT2D eigenvalue weighted by Gasteiger charge is 2.16. The molecule has 1 heterocycles. The van der Waals surface area contributed by atoms with Crippen molar-refractivity contribution < 1.29 is 9.53 Å². The summed E-state index contributed by atoms with van der Waals surface area (Å²) in [6, 6.07) is 3.67. The van der Waals surface area contributed by atoms with Crippen LogP contribution in [0.3, 0.4) is 0 Å². The van der Waals surface area contributed by atoms with E-state index in [1.807, 2.05) is 42.9 Å². The molecule has 0 unspecified atom stereocenters. The van der Waals surface area contributed by atoms with Crippen LogP contribution in [0.5, 0.6) is 0 Å². The molecule has 0 aliphatic rings. The molecule has 2 rings (SSSR count). The Kier molecular flexibility index (Phi) is 3.23. The fourth-order valence-electron chi connectivity index (χ4n) is 1.97. The Bertz CT molecular complexity index is 587. The van der Waals surface area contributed by atoms with E-state index in [2.05, 4.69) is 5.10 Å². The first kappa shape index (κ1) is 12.4. The number of hydrogen-bond donors (Lipinski definition) is 0. The van der Waals surface area contributed by atoms with E-state index >= 15 is 0 Å². The molecule has 0 spiro atoms. The summed E-state index contributed by atoms with van der Waals surface area (Å²) in [4.78, 5) is 13.7. The van der Waals surface area contributed by atoms with Crippen molar-refractivity contribution in [2.45, 2.75) is 13.5 Å². The molecule has 0 N–H and O–H groups in total. The molecule has 96 valence electrons. The van der Waals surface area contributed by atoms with E-state index in [1.54, 1.807) is 6.07 Å². The molecule has 0 saturated carbocycles. The topological polar surface area (TPSA) is 47.4 Å². The standard InChI is InChI=1S/C13H17N3O2/c1-5-16-8-10-11(15(2)3)7-6-9(12(10)14-16)13(17)18-4/h6-8H,5H2,1-4H3. The number of aromatic nitrogens is 2. The number of rotatable bonds is 3. The van der Waals surface area contributed by atoms with E-state index in [-0.39, 0.29) is 5.97 Å². The summed E-state index contributed by atoms with van der Waals surface area (Å²) in [6.07, 6.45) is 1.96. The van der Waals surface area contributed by atoms with Gasteiger partial charge in [0.25, 0.3) is 0 Å². The molecule has 1 aromatic heterocycles. The van der Waals surface area contributed by atoms with Gasteiger partial charge in [-0.25, -0.2) is 4.79 Å². The number of carbonyl (C=O) groups excluding carboxylic acids is 1. The number of fused-ring (bicyclic) bond motifs is 1. The monoisotopic (exact) mass is 247 g/mol. The number of carbonyl (C=O) groups is 1. The average Bonchev–Trinajstić information content (AvgIpc) is 2.80. The van der Waals surface area contributed by atoms with E-state index in [1.165, 1.54) is 7.11 Å². The van der Waals surface area contributed by atoms with E-state index in [0.717, 1.165) is 17.6 Å². The minimum atomic E-state index is -0.355. The first-order valence-electron chi connectivity index (χ1n) is 5.84. The maximum Gasteiger partial charge on any atom is 0.340 e. The summed E-state index contributed by atoms with van der Waals surface area (Å²) < 4.78 is 6.61. The van der Waals surface area contributed by atoms with Crippen molar-refractivity contribution in [3.63, 3.8) is 0 Å². The Morgan fingerprint density at radius 3 is 2.72 bits per heavy atom. The lowest BCUT2D eigenvalue weighted by atomic mass is 10.1. The lowest BCUT2D eigenvalue weighted by molar-refractivity contribution is 0.0602. The molecular weight excluding hydrogens is 230 g/mol. The van der Waals surface area contributed by atoms with Crippen molar-refractivity contribution in [3.8, 4) is 0 Å². The minimum Gasteiger partial charge on any atom is -0.465 e. The normalized spacial score (nSPS) is 10.7. The van der Waals surface area contributed by atoms with E-state index in [0.29, 0.717) is 11.1 Å². The van der Waals surface area contributed by atoms with Crippen molar-refractivity contribution >= 4 is 22.6 Å². The minimum absolute atomic E-state index is 0.355. The van der Waals surface area contributed by atoms with Gasteiger partial charge in [0, 0.05) is 37.9 Å². The number of hydrogen-bond acceptors (Lipinski definition) is 4.